The number of carboxylic acids is 1. The summed E-state index contributed by atoms with van der Waals surface area (Å²) >= 11 is 0. The van der Waals surface area contributed by atoms with Gasteiger partial charge in [-0.15, -0.1) is 13.2 Å². The van der Waals surface area contributed by atoms with Crippen molar-refractivity contribution in [2.45, 2.75) is 49.2 Å². The molecule has 0 aliphatic heterocycles. The minimum absolute atomic E-state index is 0.0170. The van der Waals surface area contributed by atoms with E-state index in [1.807, 2.05) is 140 Å². The Hall–Kier alpha value is -7.94. The van der Waals surface area contributed by atoms with Crippen LogP contribution in [0.1, 0.15) is 53.0 Å². The highest BCUT2D eigenvalue weighted by Gasteiger charge is 2.39. The van der Waals surface area contributed by atoms with Crippen LogP contribution < -0.4 is 26.0 Å². The van der Waals surface area contributed by atoms with Gasteiger partial charge in [0.2, 0.25) is 17.7 Å². The van der Waals surface area contributed by atoms with Gasteiger partial charge < -0.3 is 35.8 Å². The van der Waals surface area contributed by atoms with Crippen LogP contribution in [0.15, 0.2) is 164 Å². The van der Waals surface area contributed by atoms with Gasteiger partial charge in [0.05, 0.1) is 6.42 Å². The zero-order chi connectivity index (χ0) is 46.0. The van der Waals surface area contributed by atoms with Crippen LogP contribution in [-0.2, 0) is 29.5 Å². The number of carbonyl (C=O) groups excluding carboxylic acids is 4. The van der Waals surface area contributed by atoms with Gasteiger partial charge in [-0.1, -0.05) is 140 Å². The summed E-state index contributed by atoms with van der Waals surface area (Å²) in [6, 6.07) is 44.0. The molecule has 4 amide bonds. The number of carboxylic acid groups (broad SMARTS) is 1. The number of fused-ring (bicyclic) bond motifs is 3. The molecule has 0 heterocycles. The van der Waals surface area contributed by atoms with E-state index in [4.69, 9.17) is 4.74 Å². The second kappa shape index (κ2) is 20.1. The average Bonchev–Trinajstić information content (AvgIpc) is 3.62. The van der Waals surface area contributed by atoms with Crippen LogP contribution in [-0.4, -0.2) is 59.9 Å². The molecule has 5 N–H and O–H groups in total. The van der Waals surface area contributed by atoms with Crippen LogP contribution in [0.4, 0.5) is 23.7 Å². The van der Waals surface area contributed by atoms with Crippen LogP contribution in [0.25, 0.3) is 11.1 Å². The Kier molecular flexibility index (Phi) is 13.9. The summed E-state index contributed by atoms with van der Waals surface area (Å²) in [6.07, 6.45) is -7.67. The average molecular weight is 885 g/mol. The van der Waals surface area contributed by atoms with Gasteiger partial charge >= 0.3 is 18.4 Å². The summed E-state index contributed by atoms with van der Waals surface area (Å²) in [4.78, 5) is 67.4. The van der Waals surface area contributed by atoms with Crippen molar-refractivity contribution in [1.82, 2.24) is 16.0 Å². The van der Waals surface area contributed by atoms with Crippen LogP contribution in [0.3, 0.4) is 0 Å². The first-order valence-corrected chi connectivity index (χ1v) is 20.6. The molecule has 0 saturated heterocycles. The zero-order valence-electron chi connectivity index (χ0n) is 34.6. The largest absolute Gasteiger partial charge is 0.573 e. The molecule has 7 rings (SSSR count). The lowest BCUT2D eigenvalue weighted by Crippen LogP contribution is -2.54. The maximum absolute atomic E-state index is 14.2. The lowest BCUT2D eigenvalue weighted by molar-refractivity contribution is -0.274. The summed E-state index contributed by atoms with van der Waals surface area (Å²) in [5, 5.41) is 20.3. The van der Waals surface area contributed by atoms with Crippen molar-refractivity contribution < 1.29 is 51.7 Å². The number of carbonyl (C=O) groups is 5. The first kappa shape index (κ1) is 45.1. The highest BCUT2D eigenvalue weighted by molar-refractivity contribution is 5.99. The van der Waals surface area contributed by atoms with Gasteiger partial charge in [-0.25, -0.2) is 4.79 Å². The van der Waals surface area contributed by atoms with Crippen molar-refractivity contribution in [3.63, 3.8) is 0 Å². The molecule has 0 saturated carbocycles. The van der Waals surface area contributed by atoms with Gasteiger partial charge in [0.25, 0.3) is 0 Å². The van der Waals surface area contributed by atoms with Crippen molar-refractivity contribution in [3.8, 4) is 16.9 Å². The molecule has 0 bridgehead atoms. The van der Waals surface area contributed by atoms with Gasteiger partial charge in [-0.05, 0) is 69.6 Å². The predicted octanol–water partition coefficient (Wildman–Crippen LogP) is 8.28. The van der Waals surface area contributed by atoms with E-state index in [0.29, 0.717) is 0 Å². The molecule has 0 fully saturated rings. The molecule has 332 valence electrons. The fraction of sp³-hybridized carbons (Fsp3) is 0.180. The lowest BCUT2D eigenvalue weighted by Gasteiger charge is -2.37. The molecule has 2 atom stereocenters. The molecule has 6 aromatic carbocycles. The van der Waals surface area contributed by atoms with E-state index in [0.717, 1.165) is 63.2 Å². The number of rotatable bonds is 17. The maximum Gasteiger partial charge on any atom is 0.573 e. The third-order valence-corrected chi connectivity index (χ3v) is 10.9. The monoisotopic (exact) mass is 884 g/mol. The van der Waals surface area contributed by atoms with Crippen molar-refractivity contribution in [2.75, 3.05) is 11.9 Å². The number of halogens is 3. The fourth-order valence-electron chi connectivity index (χ4n) is 8.00. The first-order valence-electron chi connectivity index (χ1n) is 20.6. The minimum atomic E-state index is -4.96. The topological polar surface area (TPSA) is 172 Å². The quantitative estimate of drug-likeness (QED) is 0.0570. The van der Waals surface area contributed by atoms with Crippen LogP contribution in [0.2, 0.25) is 0 Å². The molecule has 65 heavy (non-hydrogen) atoms. The molecule has 0 aromatic heterocycles. The van der Waals surface area contributed by atoms with E-state index >= 15 is 0 Å². The van der Waals surface area contributed by atoms with Crippen molar-refractivity contribution in [3.05, 3.63) is 192 Å². The summed E-state index contributed by atoms with van der Waals surface area (Å²) in [7, 11) is 0. The number of aliphatic carboxylic acids is 1. The minimum Gasteiger partial charge on any atom is -0.481 e. The number of ether oxygens (including phenoxy) is 2. The molecular formula is C50H43F3N4O8. The summed E-state index contributed by atoms with van der Waals surface area (Å²) in [6.45, 7) is -0.134. The second-order valence-electron chi connectivity index (χ2n) is 15.2. The Bertz CT molecular complexity index is 2490. The van der Waals surface area contributed by atoms with Gasteiger partial charge in [0.1, 0.15) is 30.0 Å². The summed E-state index contributed by atoms with van der Waals surface area (Å²) in [5.74, 6) is -4.86. The van der Waals surface area contributed by atoms with E-state index in [1.54, 1.807) is 0 Å². The smallest absolute Gasteiger partial charge is 0.481 e. The van der Waals surface area contributed by atoms with E-state index in [9.17, 15) is 42.3 Å². The molecule has 6 aromatic rings. The molecule has 1 aliphatic carbocycles. The number of anilines is 1. The van der Waals surface area contributed by atoms with Crippen molar-refractivity contribution >= 4 is 35.5 Å². The number of alkyl halides is 3. The molecule has 15 heteroatoms. The van der Waals surface area contributed by atoms with Crippen molar-refractivity contribution in [2.24, 2.45) is 0 Å². The Labute approximate surface area is 371 Å². The number of alkyl carbamates (subject to hydrolysis) is 1. The zero-order valence-corrected chi connectivity index (χ0v) is 34.6. The van der Waals surface area contributed by atoms with E-state index in [2.05, 4.69) is 26.0 Å². The standard InChI is InChI=1S/C50H43F3N4O8/c51-50(52,53)65-36-26-24-35(25-27-36)54-46(61)42(28-29-44(58)57-49(32-14-4-1-5-15-32,33-16-6-2-7-17-33)34-18-8-3-9-19-34)55-47(62)43(30-45(59)60)56-48(63)64-31-41-39-22-12-10-20-37(39)38-21-11-13-23-40(38)41/h1-27,41-43H,28-31H2,(H,54,61)(H,55,62)(H,56,63)(H,57,58)(H,59,60). The van der Waals surface area contributed by atoms with Crippen LogP contribution in [0, 0.1) is 0 Å². The predicted molar refractivity (Wildman–Crippen MR) is 235 cm³/mol. The lowest BCUT2D eigenvalue weighted by atomic mass is 9.77. The molecule has 12 nitrogen and oxygen atoms in total. The highest BCUT2D eigenvalue weighted by Crippen LogP contribution is 2.44. The molecule has 1 aliphatic rings. The molecule has 0 radical (unpaired) electrons. The summed E-state index contributed by atoms with van der Waals surface area (Å²) < 4.78 is 48.0. The Morgan fingerprint density at radius 2 is 1.09 bits per heavy atom. The Morgan fingerprint density at radius 1 is 0.600 bits per heavy atom. The molecule has 2 unspecified atom stereocenters. The third-order valence-electron chi connectivity index (χ3n) is 10.9. The first-order chi connectivity index (χ1) is 31.3. The Morgan fingerprint density at radius 3 is 1.58 bits per heavy atom. The van der Waals surface area contributed by atoms with Gasteiger partial charge in [-0.3, -0.25) is 19.2 Å². The number of amides is 4. The fourth-order valence-corrected chi connectivity index (χ4v) is 8.00. The number of nitrogens with one attached hydrogen (secondary N) is 4. The van der Waals surface area contributed by atoms with Crippen LogP contribution in [0.5, 0.6) is 5.75 Å². The van der Waals surface area contributed by atoms with Gasteiger partial charge in [-0.2, -0.15) is 0 Å². The second-order valence-corrected chi connectivity index (χ2v) is 15.2. The van der Waals surface area contributed by atoms with Gasteiger partial charge in [0.15, 0.2) is 0 Å². The number of benzene rings is 6. The highest BCUT2D eigenvalue weighted by atomic mass is 19.4. The summed E-state index contributed by atoms with van der Waals surface area (Å²) in [5.41, 5.74) is 4.78. The normalized spacial score (nSPS) is 13.0. The SMILES string of the molecule is O=C(O)CC(NC(=O)OCC1c2ccccc2-c2ccccc21)C(=O)NC(CCC(=O)NC(c1ccccc1)(c1ccccc1)c1ccccc1)C(=O)Nc1ccc(OC(F)(F)F)cc1. The Balaban J connectivity index is 1.11. The number of hydrogen-bond donors (Lipinski definition) is 5. The third kappa shape index (κ3) is 11.0. The van der Waals surface area contributed by atoms with Crippen LogP contribution >= 0.6 is 0 Å². The van der Waals surface area contributed by atoms with E-state index in [1.165, 1.54) is 0 Å². The molecule has 0 spiro atoms. The molecular weight excluding hydrogens is 842 g/mol. The number of hydrogen-bond acceptors (Lipinski definition) is 7. The van der Waals surface area contributed by atoms with Gasteiger partial charge in [0, 0.05) is 18.0 Å². The van der Waals surface area contributed by atoms with E-state index < -0.39 is 65.9 Å². The van der Waals surface area contributed by atoms with E-state index in [-0.39, 0.29) is 31.1 Å². The van der Waals surface area contributed by atoms with Crippen molar-refractivity contribution in [1.29, 1.82) is 0 Å². The maximum atomic E-state index is 14.2.